The molecule has 0 spiro atoms. The van der Waals surface area contributed by atoms with Gasteiger partial charge < -0.3 is 15.6 Å². The lowest BCUT2D eigenvalue weighted by Gasteiger charge is -2.11. The van der Waals surface area contributed by atoms with E-state index < -0.39 is 5.97 Å². The number of hydrogen-bond donors (Lipinski definition) is 2. The predicted octanol–water partition coefficient (Wildman–Crippen LogP) is 1.36. The molecule has 0 aliphatic carbocycles. The molecule has 0 saturated carbocycles. The number of rotatable bonds is 4. The lowest BCUT2D eigenvalue weighted by atomic mass is 10.1. The van der Waals surface area contributed by atoms with Crippen molar-refractivity contribution in [1.29, 1.82) is 0 Å². The standard InChI is InChI=1S/C12H17NO3/c1-8(6-14)7-16-12(15)10-4-3-5-11(13)9(10)2/h3-5,8,14H,6-7,13H2,1-2H3. The van der Waals surface area contributed by atoms with Gasteiger partial charge in [-0.3, -0.25) is 0 Å². The van der Waals surface area contributed by atoms with E-state index in [-0.39, 0.29) is 19.1 Å². The highest BCUT2D eigenvalue weighted by atomic mass is 16.5. The molecular weight excluding hydrogens is 206 g/mol. The van der Waals surface area contributed by atoms with Crippen LogP contribution in [-0.4, -0.2) is 24.3 Å². The fourth-order valence-electron chi connectivity index (χ4n) is 1.22. The van der Waals surface area contributed by atoms with Crippen molar-refractivity contribution in [2.24, 2.45) is 5.92 Å². The van der Waals surface area contributed by atoms with Crippen molar-refractivity contribution in [2.75, 3.05) is 18.9 Å². The van der Waals surface area contributed by atoms with Crippen LogP contribution in [0.25, 0.3) is 0 Å². The van der Waals surface area contributed by atoms with Crippen LogP contribution in [0.2, 0.25) is 0 Å². The Kier molecular flexibility index (Phi) is 4.31. The van der Waals surface area contributed by atoms with Crippen LogP contribution in [0, 0.1) is 12.8 Å². The number of carbonyl (C=O) groups is 1. The van der Waals surface area contributed by atoms with Crippen LogP contribution in [0.4, 0.5) is 5.69 Å². The molecular formula is C12H17NO3. The van der Waals surface area contributed by atoms with Gasteiger partial charge in [0, 0.05) is 18.2 Å². The van der Waals surface area contributed by atoms with E-state index in [0.29, 0.717) is 11.3 Å². The second-order valence-corrected chi connectivity index (χ2v) is 3.91. The van der Waals surface area contributed by atoms with Gasteiger partial charge >= 0.3 is 5.97 Å². The van der Waals surface area contributed by atoms with Crippen molar-refractivity contribution in [3.05, 3.63) is 29.3 Å². The Morgan fingerprint density at radius 2 is 2.25 bits per heavy atom. The van der Waals surface area contributed by atoms with E-state index >= 15 is 0 Å². The summed E-state index contributed by atoms with van der Waals surface area (Å²) in [6.45, 7) is 3.80. The Morgan fingerprint density at radius 3 is 2.88 bits per heavy atom. The normalized spacial score (nSPS) is 12.2. The molecule has 0 aliphatic rings. The molecule has 0 amide bonds. The van der Waals surface area contributed by atoms with E-state index in [2.05, 4.69) is 0 Å². The largest absolute Gasteiger partial charge is 0.462 e. The van der Waals surface area contributed by atoms with Gasteiger partial charge in [0.15, 0.2) is 0 Å². The molecule has 0 fully saturated rings. The number of nitrogens with two attached hydrogens (primary N) is 1. The molecule has 0 saturated heterocycles. The maximum Gasteiger partial charge on any atom is 0.338 e. The fraction of sp³-hybridized carbons (Fsp3) is 0.417. The number of ether oxygens (including phenoxy) is 1. The van der Waals surface area contributed by atoms with E-state index in [0.717, 1.165) is 5.56 Å². The lowest BCUT2D eigenvalue weighted by Crippen LogP contribution is -2.15. The Balaban J connectivity index is 2.70. The van der Waals surface area contributed by atoms with Crippen molar-refractivity contribution in [3.8, 4) is 0 Å². The topological polar surface area (TPSA) is 72.6 Å². The van der Waals surface area contributed by atoms with Gasteiger partial charge in [-0.1, -0.05) is 13.0 Å². The summed E-state index contributed by atoms with van der Waals surface area (Å²) in [4.78, 5) is 11.7. The minimum Gasteiger partial charge on any atom is -0.462 e. The molecule has 4 heteroatoms. The van der Waals surface area contributed by atoms with Crippen LogP contribution in [0.15, 0.2) is 18.2 Å². The second-order valence-electron chi connectivity index (χ2n) is 3.91. The first-order chi connectivity index (χ1) is 7.56. The first kappa shape index (κ1) is 12.5. The molecule has 0 radical (unpaired) electrons. The molecule has 0 heterocycles. The average molecular weight is 223 g/mol. The van der Waals surface area contributed by atoms with Crippen LogP contribution in [0.5, 0.6) is 0 Å². The van der Waals surface area contributed by atoms with Gasteiger partial charge in [0.05, 0.1) is 12.2 Å². The number of hydrogen-bond acceptors (Lipinski definition) is 4. The molecule has 0 aliphatic heterocycles. The van der Waals surface area contributed by atoms with Crippen molar-refractivity contribution in [2.45, 2.75) is 13.8 Å². The van der Waals surface area contributed by atoms with Crippen LogP contribution < -0.4 is 5.73 Å². The third kappa shape index (κ3) is 2.97. The number of aliphatic hydroxyl groups is 1. The average Bonchev–Trinajstić information content (AvgIpc) is 2.29. The second kappa shape index (κ2) is 5.51. The van der Waals surface area contributed by atoms with E-state index in [1.165, 1.54) is 0 Å². The number of aliphatic hydroxyl groups excluding tert-OH is 1. The van der Waals surface area contributed by atoms with Gasteiger partial charge in [-0.05, 0) is 24.6 Å². The van der Waals surface area contributed by atoms with E-state index in [1.807, 2.05) is 0 Å². The highest BCUT2D eigenvalue weighted by Gasteiger charge is 2.13. The molecule has 1 unspecified atom stereocenters. The third-order valence-electron chi connectivity index (χ3n) is 2.41. The molecule has 4 nitrogen and oxygen atoms in total. The molecule has 3 N–H and O–H groups in total. The number of anilines is 1. The number of benzene rings is 1. The molecule has 88 valence electrons. The highest BCUT2D eigenvalue weighted by molar-refractivity contribution is 5.92. The predicted molar refractivity (Wildman–Crippen MR) is 62.1 cm³/mol. The van der Waals surface area contributed by atoms with E-state index in [1.54, 1.807) is 32.0 Å². The van der Waals surface area contributed by atoms with Crippen molar-refractivity contribution in [3.63, 3.8) is 0 Å². The summed E-state index contributed by atoms with van der Waals surface area (Å²) in [5, 5.41) is 8.81. The molecule has 1 atom stereocenters. The quantitative estimate of drug-likeness (QED) is 0.597. The first-order valence-electron chi connectivity index (χ1n) is 5.19. The zero-order valence-corrected chi connectivity index (χ0v) is 9.56. The summed E-state index contributed by atoms with van der Waals surface area (Å²) in [6, 6.07) is 5.13. The number of esters is 1. The maximum atomic E-state index is 11.7. The summed E-state index contributed by atoms with van der Waals surface area (Å²) in [7, 11) is 0. The SMILES string of the molecule is Cc1c(N)cccc1C(=O)OCC(C)CO. The number of nitrogen functional groups attached to an aromatic ring is 1. The monoisotopic (exact) mass is 223 g/mol. The Hall–Kier alpha value is -1.55. The summed E-state index contributed by atoms with van der Waals surface area (Å²) in [5.41, 5.74) is 7.47. The summed E-state index contributed by atoms with van der Waals surface area (Å²) in [6.07, 6.45) is 0. The summed E-state index contributed by atoms with van der Waals surface area (Å²) >= 11 is 0. The van der Waals surface area contributed by atoms with Crippen molar-refractivity contribution in [1.82, 2.24) is 0 Å². The van der Waals surface area contributed by atoms with Gasteiger partial charge in [-0.15, -0.1) is 0 Å². The Bertz CT molecular complexity index is 377. The first-order valence-corrected chi connectivity index (χ1v) is 5.19. The molecule has 1 aromatic rings. The molecule has 16 heavy (non-hydrogen) atoms. The maximum absolute atomic E-state index is 11.7. The highest BCUT2D eigenvalue weighted by Crippen LogP contribution is 2.16. The van der Waals surface area contributed by atoms with Crippen LogP contribution >= 0.6 is 0 Å². The van der Waals surface area contributed by atoms with Crippen molar-refractivity contribution >= 4 is 11.7 Å². The van der Waals surface area contributed by atoms with Gasteiger partial charge in [0.25, 0.3) is 0 Å². The number of carbonyl (C=O) groups excluding carboxylic acids is 1. The van der Waals surface area contributed by atoms with Crippen molar-refractivity contribution < 1.29 is 14.6 Å². The zero-order chi connectivity index (χ0) is 12.1. The zero-order valence-electron chi connectivity index (χ0n) is 9.56. The molecule has 1 aromatic carbocycles. The fourth-order valence-corrected chi connectivity index (χ4v) is 1.22. The lowest BCUT2D eigenvalue weighted by molar-refractivity contribution is 0.0404. The molecule has 1 rings (SSSR count). The van der Waals surface area contributed by atoms with Gasteiger partial charge in [-0.25, -0.2) is 4.79 Å². The van der Waals surface area contributed by atoms with Gasteiger partial charge in [0.1, 0.15) is 0 Å². The minimum atomic E-state index is -0.398. The van der Waals surface area contributed by atoms with Crippen LogP contribution in [0.1, 0.15) is 22.8 Å². The minimum absolute atomic E-state index is 0.00317. The van der Waals surface area contributed by atoms with Gasteiger partial charge in [-0.2, -0.15) is 0 Å². The van der Waals surface area contributed by atoms with Crippen LogP contribution in [-0.2, 0) is 4.74 Å². The van der Waals surface area contributed by atoms with E-state index in [4.69, 9.17) is 15.6 Å². The third-order valence-corrected chi connectivity index (χ3v) is 2.41. The van der Waals surface area contributed by atoms with Crippen LogP contribution in [0.3, 0.4) is 0 Å². The smallest absolute Gasteiger partial charge is 0.338 e. The van der Waals surface area contributed by atoms with E-state index in [9.17, 15) is 4.79 Å². The molecule has 0 bridgehead atoms. The summed E-state index contributed by atoms with van der Waals surface area (Å²) < 4.78 is 5.06. The molecule has 0 aromatic heterocycles. The summed E-state index contributed by atoms with van der Waals surface area (Å²) in [5.74, 6) is -0.449. The van der Waals surface area contributed by atoms with Gasteiger partial charge in [0.2, 0.25) is 0 Å². The Morgan fingerprint density at radius 1 is 1.56 bits per heavy atom. The Labute approximate surface area is 95.0 Å².